The van der Waals surface area contributed by atoms with Crippen molar-refractivity contribution in [3.05, 3.63) is 65.4 Å². The second kappa shape index (κ2) is 20.9. The Bertz CT molecular complexity index is 709. The third-order valence-corrected chi connectivity index (χ3v) is 4.09. The Kier molecular flexibility index (Phi) is 21.7. The van der Waals surface area contributed by atoms with Crippen LogP contribution < -0.4 is 56.7 Å². The summed E-state index contributed by atoms with van der Waals surface area (Å²) in [6, 6.07) is 15.0. The number of unbranched alkanes of at least 4 members (excludes halogenated alkanes) is 3. The SMILES string of the molecule is CC(=O)Cc1ccccc1.CCCC(=O)Nc1cc(C)cc([NH-])c1.CCCCCC.[K+]. The Morgan fingerprint density at radius 3 is 1.94 bits per heavy atom. The van der Waals surface area contributed by atoms with Crippen molar-refractivity contribution >= 4 is 23.1 Å². The molecule has 0 aromatic heterocycles. The van der Waals surface area contributed by atoms with Crippen LogP contribution in [0, 0.1) is 6.92 Å². The summed E-state index contributed by atoms with van der Waals surface area (Å²) >= 11 is 0. The van der Waals surface area contributed by atoms with Crippen LogP contribution >= 0.6 is 0 Å². The zero-order valence-corrected chi connectivity index (χ0v) is 23.5. The van der Waals surface area contributed by atoms with E-state index in [1.807, 2.05) is 50.2 Å². The molecule has 4 nitrogen and oxygen atoms in total. The Morgan fingerprint density at radius 2 is 1.48 bits per heavy atom. The molecule has 2 aromatic carbocycles. The minimum atomic E-state index is 0. The third-order valence-electron chi connectivity index (χ3n) is 4.09. The number of Topliss-reactive ketones (excluding diaryl/α,β-unsaturated/α-hetero) is 1. The van der Waals surface area contributed by atoms with Gasteiger partial charge in [0.1, 0.15) is 5.78 Å². The first-order chi connectivity index (χ1) is 14.3. The second-order valence-electron chi connectivity index (χ2n) is 7.46. The largest absolute Gasteiger partial charge is 1.00 e. The molecule has 5 heteroatoms. The van der Waals surface area contributed by atoms with Gasteiger partial charge in [0, 0.05) is 18.5 Å². The number of rotatable bonds is 8. The van der Waals surface area contributed by atoms with E-state index in [4.69, 9.17) is 5.73 Å². The molecule has 0 aliphatic carbocycles. The van der Waals surface area contributed by atoms with E-state index in [9.17, 15) is 9.59 Å². The molecule has 0 aliphatic heterocycles. The van der Waals surface area contributed by atoms with E-state index in [2.05, 4.69) is 19.2 Å². The molecule has 0 unspecified atom stereocenters. The van der Waals surface area contributed by atoms with E-state index in [0.717, 1.165) is 17.5 Å². The number of anilines is 1. The Hall–Kier alpha value is -0.984. The van der Waals surface area contributed by atoms with Gasteiger partial charge in [0.2, 0.25) is 5.91 Å². The van der Waals surface area contributed by atoms with Crippen LogP contribution in [0.4, 0.5) is 11.4 Å². The first-order valence-electron chi connectivity index (χ1n) is 11.0. The molecule has 2 rings (SSSR count). The van der Waals surface area contributed by atoms with Gasteiger partial charge >= 0.3 is 51.4 Å². The van der Waals surface area contributed by atoms with Gasteiger partial charge in [-0.05, 0) is 31.9 Å². The smallest absolute Gasteiger partial charge is 0.699 e. The molecular formula is C26H39KN2O2. The number of ketones is 1. The van der Waals surface area contributed by atoms with Gasteiger partial charge in [-0.15, -0.1) is 5.69 Å². The topological polar surface area (TPSA) is 70.0 Å². The van der Waals surface area contributed by atoms with Crippen molar-refractivity contribution in [3.8, 4) is 0 Å². The van der Waals surface area contributed by atoms with Crippen molar-refractivity contribution in [2.45, 2.75) is 79.6 Å². The quantitative estimate of drug-likeness (QED) is 0.462. The normalized spacial score (nSPS) is 9.19. The van der Waals surface area contributed by atoms with Crippen molar-refractivity contribution in [2.24, 2.45) is 0 Å². The number of carbonyl (C=O) groups excluding carboxylic acids is 2. The molecule has 1 amide bonds. The molecule has 31 heavy (non-hydrogen) atoms. The molecule has 166 valence electrons. The summed E-state index contributed by atoms with van der Waals surface area (Å²) in [6.45, 7) is 9.94. The molecule has 2 aromatic rings. The number of hydrogen-bond donors (Lipinski definition) is 1. The predicted molar refractivity (Wildman–Crippen MR) is 129 cm³/mol. The summed E-state index contributed by atoms with van der Waals surface area (Å²) in [5.74, 6) is 0.226. The Labute approximate surface area is 232 Å². The summed E-state index contributed by atoms with van der Waals surface area (Å²) in [7, 11) is 0. The monoisotopic (exact) mass is 450 g/mol. The van der Waals surface area contributed by atoms with Gasteiger partial charge < -0.3 is 11.1 Å². The fourth-order valence-corrected chi connectivity index (χ4v) is 2.69. The molecule has 0 radical (unpaired) electrons. The van der Waals surface area contributed by atoms with Gasteiger partial charge in [-0.25, -0.2) is 0 Å². The Morgan fingerprint density at radius 1 is 0.903 bits per heavy atom. The van der Waals surface area contributed by atoms with Gasteiger partial charge in [-0.2, -0.15) is 0 Å². The molecule has 0 heterocycles. The number of carbonyl (C=O) groups is 2. The molecular weight excluding hydrogens is 411 g/mol. The van der Waals surface area contributed by atoms with Crippen molar-refractivity contribution in [2.75, 3.05) is 5.32 Å². The summed E-state index contributed by atoms with van der Waals surface area (Å²) < 4.78 is 0. The van der Waals surface area contributed by atoms with Crippen molar-refractivity contribution in [1.82, 2.24) is 0 Å². The number of hydrogen-bond acceptors (Lipinski definition) is 2. The average molecular weight is 451 g/mol. The summed E-state index contributed by atoms with van der Waals surface area (Å²) in [5.41, 5.74) is 10.7. The van der Waals surface area contributed by atoms with E-state index in [1.54, 1.807) is 19.1 Å². The standard InChI is InChI=1S/C11H15N2O.C9H10O.C6H14.K/c1-3-4-11(14)13-10-6-8(2)5-9(12)7-10;1-8(10)7-9-5-3-2-4-6-9;1-3-5-6-4-2;/h5-7,12H,3-4H2,1-2H3,(H,13,14);2-6H,7H2,1H3;3-6H2,1-2H3;/q-1;;;+1. The molecule has 0 fully saturated rings. The van der Waals surface area contributed by atoms with E-state index < -0.39 is 0 Å². The van der Waals surface area contributed by atoms with Gasteiger partial charge in [-0.1, -0.05) is 94.5 Å². The fourth-order valence-electron chi connectivity index (χ4n) is 2.69. The van der Waals surface area contributed by atoms with E-state index in [1.165, 1.54) is 25.7 Å². The molecule has 0 saturated carbocycles. The third kappa shape index (κ3) is 19.4. The molecule has 0 spiro atoms. The van der Waals surface area contributed by atoms with Crippen LogP contribution in [0.25, 0.3) is 5.73 Å². The zero-order chi connectivity index (χ0) is 22.8. The van der Waals surface area contributed by atoms with Crippen molar-refractivity contribution in [1.29, 1.82) is 0 Å². The van der Waals surface area contributed by atoms with E-state index in [-0.39, 0.29) is 63.1 Å². The molecule has 0 aliphatic rings. The molecule has 0 atom stereocenters. The average Bonchev–Trinajstić information content (AvgIpc) is 2.67. The number of benzene rings is 2. The second-order valence-corrected chi connectivity index (χ2v) is 7.46. The van der Waals surface area contributed by atoms with Gasteiger partial charge in [0.15, 0.2) is 0 Å². The van der Waals surface area contributed by atoms with Crippen LogP contribution in [0.5, 0.6) is 0 Å². The zero-order valence-electron chi connectivity index (χ0n) is 20.4. The van der Waals surface area contributed by atoms with Crippen LogP contribution in [-0.4, -0.2) is 11.7 Å². The van der Waals surface area contributed by atoms with Crippen LogP contribution in [0.2, 0.25) is 0 Å². The fraction of sp³-hybridized carbons (Fsp3) is 0.462. The summed E-state index contributed by atoms with van der Waals surface area (Å²) in [6.07, 6.45) is 7.46. The number of aryl methyl sites for hydroxylation is 1. The molecule has 0 saturated heterocycles. The van der Waals surface area contributed by atoms with Crippen LogP contribution in [-0.2, 0) is 16.0 Å². The summed E-state index contributed by atoms with van der Waals surface area (Å²) in [5, 5.41) is 2.77. The maximum atomic E-state index is 11.3. The predicted octanol–water partition coefficient (Wildman–Crippen LogP) is 4.83. The first-order valence-corrected chi connectivity index (χ1v) is 11.0. The Balaban J connectivity index is 0. The van der Waals surface area contributed by atoms with Gasteiger partial charge in [0.25, 0.3) is 0 Å². The van der Waals surface area contributed by atoms with Crippen LogP contribution in [0.15, 0.2) is 48.5 Å². The minimum absolute atomic E-state index is 0. The van der Waals surface area contributed by atoms with Gasteiger partial charge in [-0.3, -0.25) is 9.59 Å². The van der Waals surface area contributed by atoms with E-state index >= 15 is 0 Å². The van der Waals surface area contributed by atoms with Gasteiger partial charge in [0.05, 0.1) is 0 Å². The molecule has 2 N–H and O–H groups in total. The summed E-state index contributed by atoms with van der Waals surface area (Å²) in [4.78, 5) is 21.9. The van der Waals surface area contributed by atoms with Crippen LogP contribution in [0.1, 0.15) is 77.3 Å². The molecule has 0 bridgehead atoms. The maximum absolute atomic E-state index is 11.3. The number of amides is 1. The minimum Gasteiger partial charge on any atom is -0.699 e. The first kappa shape index (κ1) is 32.2. The van der Waals surface area contributed by atoms with Crippen molar-refractivity contribution < 1.29 is 61.0 Å². The van der Waals surface area contributed by atoms with Crippen LogP contribution in [0.3, 0.4) is 0 Å². The number of nitrogens with one attached hydrogen (secondary N) is 2. The van der Waals surface area contributed by atoms with Crippen molar-refractivity contribution in [3.63, 3.8) is 0 Å². The maximum Gasteiger partial charge on any atom is 1.00 e. The van der Waals surface area contributed by atoms with E-state index in [0.29, 0.717) is 24.2 Å².